The first-order valence-corrected chi connectivity index (χ1v) is 6.53. The minimum atomic E-state index is -0.614. The van der Waals surface area contributed by atoms with E-state index in [1.807, 2.05) is 0 Å². The van der Waals surface area contributed by atoms with Crippen molar-refractivity contribution in [1.82, 2.24) is 4.90 Å². The Morgan fingerprint density at radius 3 is 2.53 bits per heavy atom. The third-order valence-corrected chi connectivity index (χ3v) is 4.32. The summed E-state index contributed by atoms with van der Waals surface area (Å²) in [5.74, 6) is -0.614. The van der Waals surface area contributed by atoms with Gasteiger partial charge in [-0.1, -0.05) is 12.8 Å². The Balaban J connectivity index is 2.10. The van der Waals surface area contributed by atoms with Crippen LogP contribution in [0.25, 0.3) is 0 Å². The number of morpholine rings is 1. The molecule has 0 aromatic rings. The first-order valence-electron chi connectivity index (χ1n) is 6.53. The fourth-order valence-electron chi connectivity index (χ4n) is 3.04. The molecule has 0 bridgehead atoms. The summed E-state index contributed by atoms with van der Waals surface area (Å²) in [4.78, 5) is 13.9. The van der Waals surface area contributed by atoms with Crippen LogP contribution in [0.15, 0.2) is 0 Å². The first-order chi connectivity index (χ1) is 7.96. The van der Waals surface area contributed by atoms with Gasteiger partial charge >= 0.3 is 5.97 Å². The quantitative estimate of drug-likeness (QED) is 0.817. The highest BCUT2D eigenvalue weighted by Gasteiger charge is 2.45. The van der Waals surface area contributed by atoms with Crippen LogP contribution in [-0.2, 0) is 9.53 Å². The molecule has 0 amide bonds. The Bertz CT molecular complexity index is 295. The molecule has 1 N–H and O–H groups in total. The number of ether oxygens (including phenoxy) is 1. The minimum Gasteiger partial charge on any atom is -0.481 e. The molecular formula is C13H23NO3. The van der Waals surface area contributed by atoms with Crippen LogP contribution in [0.1, 0.15) is 39.5 Å². The van der Waals surface area contributed by atoms with Crippen LogP contribution in [0.2, 0.25) is 0 Å². The van der Waals surface area contributed by atoms with Gasteiger partial charge in [0.15, 0.2) is 0 Å². The second-order valence-electron chi connectivity index (χ2n) is 6.08. The fraction of sp³-hybridized carbons (Fsp3) is 0.923. The molecule has 2 rings (SSSR count). The van der Waals surface area contributed by atoms with Gasteiger partial charge in [0, 0.05) is 18.6 Å². The Labute approximate surface area is 103 Å². The van der Waals surface area contributed by atoms with Gasteiger partial charge in [0.05, 0.1) is 18.6 Å². The lowest BCUT2D eigenvalue weighted by Crippen LogP contribution is -2.57. The predicted molar refractivity (Wildman–Crippen MR) is 65.0 cm³/mol. The van der Waals surface area contributed by atoms with Crippen molar-refractivity contribution in [1.29, 1.82) is 0 Å². The zero-order chi connectivity index (χ0) is 12.5. The standard InChI is InChI=1S/C13H23NO3/c1-12(2)10-17-8-7-14(12)9-13(11(15)16)5-3-4-6-13/h3-10H2,1-2H3,(H,15,16). The second-order valence-corrected chi connectivity index (χ2v) is 6.08. The van der Waals surface area contributed by atoms with Crippen molar-refractivity contribution in [3.8, 4) is 0 Å². The van der Waals surface area contributed by atoms with Crippen LogP contribution in [0, 0.1) is 5.41 Å². The number of nitrogens with zero attached hydrogens (tertiary/aromatic N) is 1. The van der Waals surface area contributed by atoms with Gasteiger partial charge in [-0.15, -0.1) is 0 Å². The number of hydrogen-bond acceptors (Lipinski definition) is 3. The van der Waals surface area contributed by atoms with Gasteiger partial charge in [-0.2, -0.15) is 0 Å². The van der Waals surface area contributed by atoms with Crippen molar-refractivity contribution in [3.63, 3.8) is 0 Å². The normalized spacial score (nSPS) is 28.1. The molecule has 2 aliphatic rings. The van der Waals surface area contributed by atoms with Gasteiger partial charge < -0.3 is 9.84 Å². The molecule has 17 heavy (non-hydrogen) atoms. The highest BCUT2D eigenvalue weighted by molar-refractivity contribution is 5.75. The van der Waals surface area contributed by atoms with Crippen molar-refractivity contribution in [3.05, 3.63) is 0 Å². The molecule has 2 fully saturated rings. The Morgan fingerprint density at radius 2 is 2.00 bits per heavy atom. The molecule has 0 spiro atoms. The molecule has 1 heterocycles. The smallest absolute Gasteiger partial charge is 0.310 e. The number of carbonyl (C=O) groups is 1. The van der Waals surface area contributed by atoms with Gasteiger partial charge in [0.1, 0.15) is 0 Å². The number of hydrogen-bond donors (Lipinski definition) is 1. The molecule has 0 aromatic carbocycles. The maximum Gasteiger partial charge on any atom is 0.310 e. The van der Waals surface area contributed by atoms with Crippen LogP contribution >= 0.6 is 0 Å². The lowest BCUT2D eigenvalue weighted by atomic mass is 9.84. The van der Waals surface area contributed by atoms with Crippen LogP contribution in [0.4, 0.5) is 0 Å². The molecule has 98 valence electrons. The zero-order valence-electron chi connectivity index (χ0n) is 10.9. The van der Waals surface area contributed by atoms with E-state index in [1.165, 1.54) is 0 Å². The Morgan fingerprint density at radius 1 is 1.35 bits per heavy atom. The molecule has 0 unspecified atom stereocenters. The second kappa shape index (κ2) is 4.58. The van der Waals surface area contributed by atoms with Crippen LogP contribution in [0.5, 0.6) is 0 Å². The molecule has 1 aliphatic carbocycles. The molecule has 1 saturated carbocycles. The minimum absolute atomic E-state index is 0.0384. The molecule has 4 heteroatoms. The van der Waals surface area contributed by atoms with Crippen molar-refractivity contribution >= 4 is 5.97 Å². The summed E-state index contributed by atoms with van der Waals surface area (Å²) < 4.78 is 5.48. The predicted octanol–water partition coefficient (Wildman–Crippen LogP) is 1.74. The molecule has 1 saturated heterocycles. The third kappa shape index (κ3) is 2.47. The molecular weight excluding hydrogens is 218 g/mol. The Hall–Kier alpha value is -0.610. The lowest BCUT2D eigenvalue weighted by Gasteiger charge is -2.45. The largest absolute Gasteiger partial charge is 0.481 e. The highest BCUT2D eigenvalue weighted by atomic mass is 16.5. The van der Waals surface area contributed by atoms with E-state index in [2.05, 4.69) is 18.7 Å². The molecule has 1 aliphatic heterocycles. The van der Waals surface area contributed by atoms with E-state index in [4.69, 9.17) is 4.74 Å². The molecule has 0 radical (unpaired) electrons. The van der Waals surface area contributed by atoms with Gasteiger partial charge in [-0.25, -0.2) is 0 Å². The average Bonchev–Trinajstić information content (AvgIpc) is 2.71. The van der Waals surface area contributed by atoms with Crippen molar-refractivity contribution < 1.29 is 14.6 Å². The summed E-state index contributed by atoms with van der Waals surface area (Å²) in [5, 5.41) is 9.51. The van der Waals surface area contributed by atoms with Gasteiger partial charge in [0.2, 0.25) is 0 Å². The molecule has 4 nitrogen and oxygen atoms in total. The summed E-state index contributed by atoms with van der Waals surface area (Å²) >= 11 is 0. The SMILES string of the molecule is CC1(C)COCCN1CC1(C(=O)O)CCCC1. The summed E-state index contributed by atoms with van der Waals surface area (Å²) in [6.07, 6.45) is 3.76. The maximum atomic E-state index is 11.6. The van der Waals surface area contributed by atoms with Crippen LogP contribution < -0.4 is 0 Å². The van der Waals surface area contributed by atoms with E-state index in [9.17, 15) is 9.90 Å². The van der Waals surface area contributed by atoms with E-state index in [0.717, 1.165) is 38.8 Å². The lowest BCUT2D eigenvalue weighted by molar-refractivity contribution is -0.153. The number of aliphatic carboxylic acids is 1. The first kappa shape index (κ1) is 12.8. The Kier molecular flexibility index (Phi) is 3.46. The summed E-state index contributed by atoms with van der Waals surface area (Å²) in [6.45, 7) is 7.22. The van der Waals surface area contributed by atoms with E-state index < -0.39 is 11.4 Å². The topological polar surface area (TPSA) is 49.8 Å². The van der Waals surface area contributed by atoms with E-state index in [1.54, 1.807) is 0 Å². The fourth-order valence-corrected chi connectivity index (χ4v) is 3.04. The van der Waals surface area contributed by atoms with Crippen LogP contribution in [0.3, 0.4) is 0 Å². The van der Waals surface area contributed by atoms with E-state index in [-0.39, 0.29) is 5.54 Å². The van der Waals surface area contributed by atoms with Crippen molar-refractivity contribution in [2.75, 3.05) is 26.3 Å². The monoisotopic (exact) mass is 241 g/mol. The van der Waals surface area contributed by atoms with E-state index in [0.29, 0.717) is 13.2 Å². The van der Waals surface area contributed by atoms with Gasteiger partial charge in [-0.05, 0) is 26.7 Å². The van der Waals surface area contributed by atoms with Gasteiger partial charge in [0.25, 0.3) is 0 Å². The number of carboxylic acids is 1. The molecule has 0 atom stereocenters. The third-order valence-electron chi connectivity index (χ3n) is 4.32. The summed E-state index contributed by atoms with van der Waals surface area (Å²) in [7, 11) is 0. The maximum absolute atomic E-state index is 11.6. The van der Waals surface area contributed by atoms with Crippen molar-refractivity contribution in [2.24, 2.45) is 5.41 Å². The zero-order valence-corrected chi connectivity index (χ0v) is 10.9. The van der Waals surface area contributed by atoms with Gasteiger partial charge in [-0.3, -0.25) is 9.69 Å². The summed E-state index contributed by atoms with van der Waals surface area (Å²) in [6, 6.07) is 0. The van der Waals surface area contributed by atoms with E-state index >= 15 is 0 Å². The van der Waals surface area contributed by atoms with Crippen molar-refractivity contribution in [2.45, 2.75) is 45.1 Å². The highest BCUT2D eigenvalue weighted by Crippen LogP contribution is 2.40. The number of rotatable bonds is 3. The summed E-state index contributed by atoms with van der Waals surface area (Å²) in [5.41, 5.74) is -0.544. The average molecular weight is 241 g/mol. The number of carboxylic acid groups (broad SMARTS) is 1. The molecule has 0 aromatic heterocycles. The van der Waals surface area contributed by atoms with Crippen LogP contribution in [-0.4, -0.2) is 47.8 Å².